The number of fused-ring (bicyclic) bond motifs is 1. The van der Waals surface area contributed by atoms with Crippen LogP contribution >= 0.6 is 0 Å². The van der Waals surface area contributed by atoms with E-state index in [4.69, 9.17) is 10.5 Å². The molecule has 2 aromatic carbocycles. The van der Waals surface area contributed by atoms with E-state index in [2.05, 4.69) is 30.0 Å². The third kappa shape index (κ3) is 2.40. The van der Waals surface area contributed by atoms with E-state index in [1.807, 2.05) is 18.2 Å². The molecule has 0 fully saturated rings. The Morgan fingerprint density at radius 3 is 2.77 bits per heavy atom. The molecule has 1 aliphatic heterocycles. The summed E-state index contributed by atoms with van der Waals surface area (Å²) in [5.41, 5.74) is 9.44. The lowest BCUT2D eigenvalue weighted by Crippen LogP contribution is -2.37. The fraction of sp³-hybridized carbons (Fsp3) is 0.333. The molecule has 0 radical (unpaired) electrons. The van der Waals surface area contributed by atoms with Crippen LogP contribution in [0.2, 0.25) is 0 Å². The zero-order valence-electron chi connectivity index (χ0n) is 13.0. The van der Waals surface area contributed by atoms with Crippen molar-refractivity contribution in [3.05, 3.63) is 53.6 Å². The molecule has 0 spiro atoms. The first-order valence-electron chi connectivity index (χ1n) is 7.59. The van der Waals surface area contributed by atoms with Gasteiger partial charge >= 0.3 is 0 Å². The monoisotopic (exact) mass is 298 g/mol. The molecule has 4 nitrogen and oxygen atoms in total. The number of hydrogen-bond acceptors (Lipinski definition) is 4. The number of methoxy groups -OCH3 is 1. The van der Waals surface area contributed by atoms with Gasteiger partial charge in [0.1, 0.15) is 11.5 Å². The van der Waals surface area contributed by atoms with E-state index in [9.17, 15) is 5.11 Å². The number of nitrogens with zero attached hydrogens (tertiary/aromatic N) is 1. The first-order chi connectivity index (χ1) is 10.7. The summed E-state index contributed by atoms with van der Waals surface area (Å²) in [4.78, 5) is 2.32. The molecule has 0 aromatic heterocycles. The van der Waals surface area contributed by atoms with Gasteiger partial charge in [0, 0.05) is 29.9 Å². The molecule has 1 aliphatic rings. The zero-order chi connectivity index (χ0) is 15.7. The Bertz CT molecular complexity index is 672. The number of ether oxygens (including phenoxy) is 1. The van der Waals surface area contributed by atoms with E-state index in [1.165, 1.54) is 11.3 Å². The van der Waals surface area contributed by atoms with E-state index in [0.717, 1.165) is 12.0 Å². The maximum Gasteiger partial charge on any atom is 0.124 e. The quantitative estimate of drug-likeness (QED) is 0.911. The van der Waals surface area contributed by atoms with Gasteiger partial charge in [0.15, 0.2) is 0 Å². The molecule has 0 aliphatic carbocycles. The van der Waals surface area contributed by atoms with Crippen molar-refractivity contribution < 1.29 is 9.84 Å². The number of anilines is 1. The fourth-order valence-corrected chi connectivity index (χ4v) is 3.39. The van der Waals surface area contributed by atoms with Crippen LogP contribution in [0.3, 0.4) is 0 Å². The second-order valence-electron chi connectivity index (χ2n) is 5.77. The summed E-state index contributed by atoms with van der Waals surface area (Å²) >= 11 is 0. The Morgan fingerprint density at radius 1 is 1.32 bits per heavy atom. The Balaban J connectivity index is 2.01. The van der Waals surface area contributed by atoms with Gasteiger partial charge in [0.2, 0.25) is 0 Å². The fourth-order valence-electron chi connectivity index (χ4n) is 3.39. The predicted molar refractivity (Wildman–Crippen MR) is 88.5 cm³/mol. The van der Waals surface area contributed by atoms with Crippen molar-refractivity contribution in [2.24, 2.45) is 5.73 Å². The summed E-state index contributed by atoms with van der Waals surface area (Å²) in [5, 5.41) is 10.4. The molecule has 3 N–H and O–H groups in total. The predicted octanol–water partition coefficient (Wildman–Crippen LogP) is 2.85. The normalized spacial score (nSPS) is 18.1. The molecular formula is C18H22N2O2. The number of benzene rings is 2. The molecule has 0 bridgehead atoms. The summed E-state index contributed by atoms with van der Waals surface area (Å²) in [6.45, 7) is 2.64. The van der Waals surface area contributed by atoms with Gasteiger partial charge in [0.25, 0.3) is 0 Å². The first kappa shape index (κ1) is 14.7. The number of aromatic hydroxyl groups is 1. The lowest BCUT2D eigenvalue weighted by Gasteiger charge is -2.34. The van der Waals surface area contributed by atoms with Crippen molar-refractivity contribution in [2.75, 3.05) is 18.6 Å². The Hall–Kier alpha value is -2.20. The van der Waals surface area contributed by atoms with Crippen LogP contribution in [0.25, 0.3) is 0 Å². The molecule has 2 unspecified atom stereocenters. The molecule has 0 amide bonds. The highest BCUT2D eigenvalue weighted by Gasteiger charge is 2.32. The number of rotatable bonds is 4. The van der Waals surface area contributed by atoms with E-state index in [-0.39, 0.29) is 11.8 Å². The van der Waals surface area contributed by atoms with Crippen LogP contribution in [0.4, 0.5) is 5.69 Å². The second kappa shape index (κ2) is 5.89. The van der Waals surface area contributed by atoms with Crippen LogP contribution in [-0.2, 0) is 6.42 Å². The van der Waals surface area contributed by atoms with Gasteiger partial charge in [-0.3, -0.25) is 0 Å². The lowest BCUT2D eigenvalue weighted by molar-refractivity contribution is 0.404. The van der Waals surface area contributed by atoms with Crippen molar-refractivity contribution in [1.82, 2.24) is 0 Å². The average Bonchev–Trinajstić information content (AvgIpc) is 2.86. The second-order valence-corrected chi connectivity index (χ2v) is 5.77. The van der Waals surface area contributed by atoms with Gasteiger partial charge in [-0.25, -0.2) is 0 Å². The highest BCUT2D eigenvalue weighted by molar-refractivity contribution is 5.61. The average molecular weight is 298 g/mol. The third-order valence-corrected chi connectivity index (χ3v) is 4.42. The van der Waals surface area contributed by atoms with Crippen LogP contribution in [0.5, 0.6) is 11.5 Å². The Labute approximate surface area is 131 Å². The first-order valence-corrected chi connectivity index (χ1v) is 7.59. The van der Waals surface area contributed by atoms with Crippen molar-refractivity contribution in [2.45, 2.75) is 25.4 Å². The molecule has 0 saturated heterocycles. The van der Waals surface area contributed by atoms with Gasteiger partial charge in [0.05, 0.1) is 13.2 Å². The summed E-state index contributed by atoms with van der Waals surface area (Å²) in [7, 11) is 1.59. The van der Waals surface area contributed by atoms with Gasteiger partial charge in [-0.15, -0.1) is 0 Å². The van der Waals surface area contributed by atoms with E-state index in [0.29, 0.717) is 18.3 Å². The Morgan fingerprint density at radius 2 is 2.09 bits per heavy atom. The van der Waals surface area contributed by atoms with Crippen molar-refractivity contribution in [3.63, 3.8) is 0 Å². The molecule has 22 heavy (non-hydrogen) atoms. The van der Waals surface area contributed by atoms with Crippen molar-refractivity contribution in [1.29, 1.82) is 0 Å². The minimum atomic E-state index is -0.0513. The van der Waals surface area contributed by atoms with Gasteiger partial charge in [-0.1, -0.05) is 18.2 Å². The van der Waals surface area contributed by atoms with Crippen molar-refractivity contribution in [3.8, 4) is 11.5 Å². The van der Waals surface area contributed by atoms with Crippen LogP contribution in [-0.4, -0.2) is 24.8 Å². The summed E-state index contributed by atoms with van der Waals surface area (Å²) in [6.07, 6.45) is 1.00. The number of phenolic OH excluding ortho intramolecular Hbond substituents is 1. The minimum absolute atomic E-state index is 0.0513. The molecule has 4 heteroatoms. The van der Waals surface area contributed by atoms with Crippen LogP contribution < -0.4 is 15.4 Å². The Kier molecular flexibility index (Phi) is 3.94. The van der Waals surface area contributed by atoms with Crippen LogP contribution in [0.15, 0.2) is 42.5 Å². The zero-order valence-corrected chi connectivity index (χ0v) is 13.0. The van der Waals surface area contributed by atoms with E-state index >= 15 is 0 Å². The molecule has 3 rings (SSSR count). The summed E-state index contributed by atoms with van der Waals surface area (Å²) in [5.74, 6) is 0.873. The molecule has 116 valence electrons. The molecule has 2 aromatic rings. The largest absolute Gasteiger partial charge is 0.507 e. The van der Waals surface area contributed by atoms with E-state index < -0.39 is 0 Å². The SMILES string of the molecule is COc1ccc(C(CN)N2c3ccccc3CC2C)c(O)c1. The summed E-state index contributed by atoms with van der Waals surface area (Å²) < 4.78 is 5.16. The molecule has 0 saturated carbocycles. The molecule has 2 atom stereocenters. The smallest absolute Gasteiger partial charge is 0.124 e. The maximum absolute atomic E-state index is 10.4. The highest BCUT2D eigenvalue weighted by Crippen LogP contribution is 2.40. The molecule has 1 heterocycles. The maximum atomic E-state index is 10.4. The van der Waals surface area contributed by atoms with E-state index in [1.54, 1.807) is 13.2 Å². The number of phenols is 1. The number of nitrogens with two attached hydrogens (primary N) is 1. The van der Waals surface area contributed by atoms with Crippen molar-refractivity contribution >= 4 is 5.69 Å². The van der Waals surface area contributed by atoms with Crippen LogP contribution in [0, 0.1) is 0 Å². The standard InChI is InChI=1S/C18H22N2O2/c1-12-9-13-5-3-4-6-16(13)20(12)17(11-19)15-8-7-14(22-2)10-18(15)21/h3-8,10,12,17,21H,9,11,19H2,1-2H3. The summed E-state index contributed by atoms with van der Waals surface area (Å²) in [6, 6.07) is 14.1. The third-order valence-electron chi connectivity index (χ3n) is 4.42. The highest BCUT2D eigenvalue weighted by atomic mass is 16.5. The number of hydrogen-bond donors (Lipinski definition) is 2. The molecular weight excluding hydrogens is 276 g/mol. The minimum Gasteiger partial charge on any atom is -0.507 e. The van der Waals surface area contributed by atoms with Crippen LogP contribution in [0.1, 0.15) is 24.1 Å². The van der Waals surface area contributed by atoms with Gasteiger partial charge in [-0.05, 0) is 37.1 Å². The van der Waals surface area contributed by atoms with Gasteiger partial charge < -0.3 is 20.5 Å². The number of para-hydroxylation sites is 1. The topological polar surface area (TPSA) is 58.7 Å². The van der Waals surface area contributed by atoms with Gasteiger partial charge in [-0.2, -0.15) is 0 Å². The lowest BCUT2D eigenvalue weighted by atomic mass is 10.0.